The minimum absolute atomic E-state index is 0.0901. The van der Waals surface area contributed by atoms with Gasteiger partial charge in [0.05, 0.1) is 13.2 Å². The van der Waals surface area contributed by atoms with Crippen LogP contribution in [0.15, 0.2) is 30.3 Å². The molecule has 0 saturated heterocycles. The van der Waals surface area contributed by atoms with Gasteiger partial charge in [-0.1, -0.05) is 12.1 Å². The fourth-order valence-electron chi connectivity index (χ4n) is 2.46. The molecule has 21 heavy (non-hydrogen) atoms. The van der Waals surface area contributed by atoms with Crippen LogP contribution in [0.3, 0.4) is 0 Å². The molecule has 0 aliphatic heterocycles. The first-order valence-corrected chi connectivity index (χ1v) is 6.54. The van der Waals surface area contributed by atoms with Crippen molar-refractivity contribution in [2.24, 2.45) is 5.84 Å². The zero-order valence-electron chi connectivity index (χ0n) is 12.2. The lowest BCUT2D eigenvalue weighted by molar-refractivity contribution is 0.410. The predicted molar refractivity (Wildman–Crippen MR) is 78.0 cm³/mol. The van der Waals surface area contributed by atoms with Crippen LogP contribution in [0.2, 0.25) is 0 Å². The van der Waals surface area contributed by atoms with Gasteiger partial charge in [-0.25, -0.2) is 14.2 Å². The molecule has 0 aliphatic carbocycles. The first-order chi connectivity index (χ1) is 9.99. The molecule has 0 aliphatic rings. The molecule has 0 saturated carbocycles. The number of hydrogen-bond acceptors (Lipinski definition) is 3. The van der Waals surface area contributed by atoms with Crippen molar-refractivity contribution in [2.45, 2.75) is 19.9 Å². The Kier molecular flexibility index (Phi) is 4.55. The van der Waals surface area contributed by atoms with E-state index in [4.69, 9.17) is 10.6 Å². The maximum atomic E-state index is 14.0. The van der Waals surface area contributed by atoms with Crippen molar-refractivity contribution >= 4 is 0 Å². The third-order valence-electron chi connectivity index (χ3n) is 3.55. The van der Waals surface area contributed by atoms with E-state index >= 15 is 0 Å². The Bertz CT molecular complexity index is 639. The Morgan fingerprint density at radius 3 is 2.24 bits per heavy atom. The molecule has 0 amide bonds. The van der Waals surface area contributed by atoms with Gasteiger partial charge in [-0.05, 0) is 48.7 Å². The number of halogens is 2. The number of hydrazine groups is 1. The number of hydrogen-bond donors (Lipinski definition) is 2. The summed E-state index contributed by atoms with van der Waals surface area (Å²) in [4.78, 5) is 0. The fourth-order valence-corrected chi connectivity index (χ4v) is 2.46. The van der Waals surface area contributed by atoms with Crippen LogP contribution in [-0.2, 0) is 0 Å². The van der Waals surface area contributed by atoms with Gasteiger partial charge >= 0.3 is 0 Å². The maximum absolute atomic E-state index is 14.0. The molecule has 1 atom stereocenters. The van der Waals surface area contributed by atoms with E-state index in [2.05, 4.69) is 5.43 Å². The number of ether oxygens (including phenoxy) is 1. The summed E-state index contributed by atoms with van der Waals surface area (Å²) < 4.78 is 33.2. The van der Waals surface area contributed by atoms with Crippen molar-refractivity contribution in [3.63, 3.8) is 0 Å². The van der Waals surface area contributed by atoms with E-state index in [0.717, 1.165) is 16.9 Å². The lowest BCUT2D eigenvalue weighted by Gasteiger charge is -2.21. The van der Waals surface area contributed by atoms with Crippen LogP contribution >= 0.6 is 0 Å². The van der Waals surface area contributed by atoms with Crippen LogP contribution in [0.1, 0.15) is 28.3 Å². The second-order valence-corrected chi connectivity index (χ2v) is 4.91. The summed E-state index contributed by atoms with van der Waals surface area (Å²) in [5, 5.41) is 0. The first-order valence-electron chi connectivity index (χ1n) is 6.54. The first kappa shape index (κ1) is 15.4. The highest BCUT2D eigenvalue weighted by Crippen LogP contribution is 2.32. The maximum Gasteiger partial charge on any atom is 0.131 e. The Hall–Kier alpha value is -1.98. The number of nitrogens with one attached hydrogen (secondary N) is 1. The lowest BCUT2D eigenvalue weighted by atomic mass is 9.93. The molecular weight excluding hydrogens is 274 g/mol. The second kappa shape index (κ2) is 6.20. The largest absolute Gasteiger partial charge is 0.496 e. The third-order valence-corrected chi connectivity index (χ3v) is 3.55. The SMILES string of the molecule is COc1cc(C)c(C(NN)c2c(F)cccc2F)cc1C. The molecule has 0 aromatic heterocycles. The van der Waals surface area contributed by atoms with E-state index in [1.165, 1.54) is 18.2 Å². The van der Waals surface area contributed by atoms with Crippen molar-refractivity contribution in [1.29, 1.82) is 0 Å². The molecule has 0 heterocycles. The monoisotopic (exact) mass is 292 g/mol. The number of nitrogens with two attached hydrogens (primary N) is 1. The molecule has 3 N–H and O–H groups in total. The molecule has 1 unspecified atom stereocenters. The van der Waals surface area contributed by atoms with E-state index in [-0.39, 0.29) is 5.56 Å². The molecule has 2 aromatic rings. The van der Waals surface area contributed by atoms with Gasteiger partial charge in [-0.15, -0.1) is 0 Å². The molecular formula is C16H18F2N2O. The normalized spacial score (nSPS) is 12.3. The van der Waals surface area contributed by atoms with Gasteiger partial charge in [0.15, 0.2) is 0 Å². The summed E-state index contributed by atoms with van der Waals surface area (Å²) >= 11 is 0. The smallest absolute Gasteiger partial charge is 0.131 e. The standard InChI is InChI=1S/C16H18F2N2O/c1-9-8-14(21-3)10(2)7-11(9)16(20-19)15-12(17)5-4-6-13(15)18/h4-8,16,20H,19H2,1-3H3. The Morgan fingerprint density at radius 2 is 1.71 bits per heavy atom. The highest BCUT2D eigenvalue weighted by molar-refractivity contribution is 5.46. The number of benzene rings is 2. The summed E-state index contributed by atoms with van der Waals surface area (Å²) in [6.45, 7) is 3.72. The van der Waals surface area contributed by atoms with Crippen molar-refractivity contribution in [2.75, 3.05) is 7.11 Å². The van der Waals surface area contributed by atoms with Crippen LogP contribution in [0.4, 0.5) is 8.78 Å². The van der Waals surface area contributed by atoms with Crippen LogP contribution in [0.5, 0.6) is 5.75 Å². The molecule has 0 spiro atoms. The van der Waals surface area contributed by atoms with E-state index in [1.807, 2.05) is 26.0 Å². The molecule has 0 bridgehead atoms. The van der Waals surface area contributed by atoms with Crippen LogP contribution in [0.25, 0.3) is 0 Å². The Labute approximate surface area is 122 Å². The van der Waals surface area contributed by atoms with Crippen LogP contribution in [-0.4, -0.2) is 7.11 Å². The summed E-state index contributed by atoms with van der Waals surface area (Å²) in [5.41, 5.74) is 4.83. The van der Waals surface area contributed by atoms with Gasteiger partial charge in [-0.3, -0.25) is 5.84 Å². The molecule has 2 rings (SSSR count). The van der Waals surface area contributed by atoms with E-state index in [0.29, 0.717) is 5.56 Å². The number of methoxy groups -OCH3 is 1. The van der Waals surface area contributed by atoms with Gasteiger partial charge in [-0.2, -0.15) is 0 Å². The molecule has 5 heteroatoms. The van der Waals surface area contributed by atoms with E-state index in [9.17, 15) is 8.78 Å². The highest BCUT2D eigenvalue weighted by atomic mass is 19.1. The van der Waals surface area contributed by atoms with E-state index < -0.39 is 17.7 Å². The second-order valence-electron chi connectivity index (χ2n) is 4.91. The zero-order valence-corrected chi connectivity index (χ0v) is 12.2. The minimum atomic E-state index is -0.768. The Morgan fingerprint density at radius 1 is 1.10 bits per heavy atom. The Balaban J connectivity index is 2.60. The summed E-state index contributed by atoms with van der Waals surface area (Å²) in [7, 11) is 1.58. The van der Waals surface area contributed by atoms with Crippen LogP contribution in [0, 0.1) is 25.5 Å². The molecule has 0 fully saturated rings. The summed E-state index contributed by atoms with van der Waals surface area (Å²) in [6.07, 6.45) is 0. The van der Waals surface area contributed by atoms with E-state index in [1.54, 1.807) is 7.11 Å². The highest BCUT2D eigenvalue weighted by Gasteiger charge is 2.23. The van der Waals surface area contributed by atoms with Gasteiger partial charge in [0, 0.05) is 5.56 Å². The molecule has 3 nitrogen and oxygen atoms in total. The van der Waals surface area contributed by atoms with Crippen molar-refractivity contribution in [3.8, 4) is 5.75 Å². The van der Waals surface area contributed by atoms with Crippen molar-refractivity contribution in [1.82, 2.24) is 5.43 Å². The van der Waals surface area contributed by atoms with Gasteiger partial charge in [0.25, 0.3) is 0 Å². The number of aryl methyl sites for hydroxylation is 2. The lowest BCUT2D eigenvalue weighted by Crippen LogP contribution is -2.31. The molecule has 2 aromatic carbocycles. The molecule has 112 valence electrons. The van der Waals surface area contributed by atoms with Crippen molar-refractivity contribution in [3.05, 3.63) is 64.2 Å². The van der Waals surface area contributed by atoms with Gasteiger partial charge in [0.1, 0.15) is 17.4 Å². The zero-order chi connectivity index (χ0) is 15.6. The molecule has 0 radical (unpaired) electrons. The minimum Gasteiger partial charge on any atom is -0.496 e. The third kappa shape index (κ3) is 2.89. The average molecular weight is 292 g/mol. The fraction of sp³-hybridized carbons (Fsp3) is 0.250. The predicted octanol–water partition coefficient (Wildman–Crippen LogP) is 3.14. The van der Waals surface area contributed by atoms with Gasteiger partial charge in [0.2, 0.25) is 0 Å². The van der Waals surface area contributed by atoms with Crippen LogP contribution < -0.4 is 16.0 Å². The van der Waals surface area contributed by atoms with Crippen molar-refractivity contribution < 1.29 is 13.5 Å². The average Bonchev–Trinajstić information content (AvgIpc) is 2.45. The topological polar surface area (TPSA) is 47.3 Å². The summed E-state index contributed by atoms with van der Waals surface area (Å²) in [5.74, 6) is 5.01. The quantitative estimate of drug-likeness (QED) is 0.672. The van der Waals surface area contributed by atoms with Gasteiger partial charge < -0.3 is 4.74 Å². The summed E-state index contributed by atoms with van der Waals surface area (Å²) in [6, 6.07) is 6.64. The number of rotatable bonds is 4.